The molecule has 138 valence electrons. The standard InChI is InChI=1S/C20H25N3O2S/c1-6-23(7-2)12-17-21-19(18-13(3)14(4)26-20(18)22-17)25-16-10-8-15(24-5)9-11-16/h8-11H,6-7,12H2,1-5H3. The van der Waals surface area contributed by atoms with Crippen molar-refractivity contribution in [3.8, 4) is 17.4 Å². The molecule has 0 spiro atoms. The molecular weight excluding hydrogens is 346 g/mol. The zero-order chi connectivity index (χ0) is 18.7. The van der Waals surface area contributed by atoms with Crippen LogP contribution in [0, 0.1) is 13.8 Å². The minimum atomic E-state index is 0.629. The molecule has 0 unspecified atom stereocenters. The van der Waals surface area contributed by atoms with Crippen molar-refractivity contribution in [2.24, 2.45) is 0 Å². The lowest BCUT2D eigenvalue weighted by Crippen LogP contribution is -2.23. The van der Waals surface area contributed by atoms with Crippen LogP contribution in [0.25, 0.3) is 10.2 Å². The van der Waals surface area contributed by atoms with Gasteiger partial charge in [-0.05, 0) is 56.8 Å². The average Bonchev–Trinajstić information content (AvgIpc) is 2.94. The normalized spacial score (nSPS) is 11.3. The van der Waals surface area contributed by atoms with Gasteiger partial charge in [-0.1, -0.05) is 13.8 Å². The monoisotopic (exact) mass is 371 g/mol. The molecule has 0 amide bonds. The van der Waals surface area contributed by atoms with E-state index in [0.717, 1.165) is 47.2 Å². The van der Waals surface area contributed by atoms with E-state index < -0.39 is 0 Å². The highest BCUT2D eigenvalue weighted by molar-refractivity contribution is 7.18. The second-order valence-corrected chi connectivity index (χ2v) is 7.35. The Morgan fingerprint density at radius 2 is 1.65 bits per heavy atom. The smallest absolute Gasteiger partial charge is 0.231 e. The van der Waals surface area contributed by atoms with Gasteiger partial charge in [0.25, 0.3) is 0 Å². The number of aryl methyl sites for hydroxylation is 2. The Bertz CT molecular complexity index is 886. The van der Waals surface area contributed by atoms with Crippen molar-refractivity contribution in [2.75, 3.05) is 20.2 Å². The van der Waals surface area contributed by atoms with Gasteiger partial charge in [-0.2, -0.15) is 4.98 Å². The predicted molar refractivity (Wildman–Crippen MR) is 107 cm³/mol. The molecule has 6 heteroatoms. The van der Waals surface area contributed by atoms with Crippen molar-refractivity contribution >= 4 is 21.6 Å². The Kier molecular flexibility index (Phi) is 5.74. The number of rotatable bonds is 7. The van der Waals surface area contributed by atoms with E-state index in [4.69, 9.17) is 19.4 Å². The first-order chi connectivity index (χ1) is 12.5. The Labute approximate surface area is 158 Å². The molecule has 0 fully saturated rings. The van der Waals surface area contributed by atoms with Gasteiger partial charge in [-0.25, -0.2) is 4.98 Å². The molecule has 0 bridgehead atoms. The van der Waals surface area contributed by atoms with Gasteiger partial charge in [0, 0.05) is 4.88 Å². The first-order valence-corrected chi connectivity index (χ1v) is 9.68. The first-order valence-electron chi connectivity index (χ1n) is 8.86. The van der Waals surface area contributed by atoms with E-state index in [2.05, 4.69) is 32.6 Å². The van der Waals surface area contributed by atoms with Crippen LogP contribution < -0.4 is 9.47 Å². The molecule has 0 saturated carbocycles. The lowest BCUT2D eigenvalue weighted by atomic mass is 10.2. The van der Waals surface area contributed by atoms with Crippen molar-refractivity contribution in [1.82, 2.24) is 14.9 Å². The van der Waals surface area contributed by atoms with Crippen LogP contribution in [-0.2, 0) is 6.54 Å². The summed E-state index contributed by atoms with van der Waals surface area (Å²) in [6, 6.07) is 7.56. The molecule has 3 aromatic rings. The van der Waals surface area contributed by atoms with Crippen molar-refractivity contribution in [3.63, 3.8) is 0 Å². The van der Waals surface area contributed by atoms with E-state index >= 15 is 0 Å². The number of hydrogen-bond donors (Lipinski definition) is 0. The van der Waals surface area contributed by atoms with Gasteiger partial charge in [-0.3, -0.25) is 4.90 Å². The van der Waals surface area contributed by atoms with Crippen LogP contribution in [0.15, 0.2) is 24.3 Å². The lowest BCUT2D eigenvalue weighted by molar-refractivity contribution is 0.287. The number of aromatic nitrogens is 2. The minimum absolute atomic E-state index is 0.629. The van der Waals surface area contributed by atoms with Gasteiger partial charge in [0.1, 0.15) is 22.2 Å². The van der Waals surface area contributed by atoms with Crippen molar-refractivity contribution in [2.45, 2.75) is 34.2 Å². The Hall–Kier alpha value is -2.18. The van der Waals surface area contributed by atoms with Crippen molar-refractivity contribution in [3.05, 3.63) is 40.5 Å². The van der Waals surface area contributed by atoms with Gasteiger partial charge in [-0.15, -0.1) is 11.3 Å². The van der Waals surface area contributed by atoms with Crippen molar-refractivity contribution in [1.29, 1.82) is 0 Å². The van der Waals surface area contributed by atoms with Crippen LogP contribution >= 0.6 is 11.3 Å². The molecule has 0 radical (unpaired) electrons. The highest BCUT2D eigenvalue weighted by atomic mass is 32.1. The topological polar surface area (TPSA) is 47.5 Å². The fourth-order valence-corrected chi connectivity index (χ4v) is 3.84. The molecule has 5 nitrogen and oxygen atoms in total. The number of methoxy groups -OCH3 is 1. The van der Waals surface area contributed by atoms with E-state index in [9.17, 15) is 0 Å². The summed E-state index contributed by atoms with van der Waals surface area (Å²) < 4.78 is 11.4. The number of hydrogen-bond acceptors (Lipinski definition) is 6. The van der Waals surface area contributed by atoms with Gasteiger partial charge >= 0.3 is 0 Å². The highest BCUT2D eigenvalue weighted by Gasteiger charge is 2.17. The fourth-order valence-electron chi connectivity index (χ4n) is 2.80. The molecule has 0 saturated heterocycles. The van der Waals surface area contributed by atoms with Crippen molar-refractivity contribution < 1.29 is 9.47 Å². The third-order valence-corrected chi connectivity index (χ3v) is 5.68. The minimum Gasteiger partial charge on any atom is -0.497 e. The summed E-state index contributed by atoms with van der Waals surface area (Å²) in [5.41, 5.74) is 1.18. The molecule has 2 heterocycles. The maximum Gasteiger partial charge on any atom is 0.231 e. The number of fused-ring (bicyclic) bond motifs is 1. The third-order valence-electron chi connectivity index (χ3n) is 4.58. The molecule has 1 aromatic carbocycles. The number of thiophene rings is 1. The number of ether oxygens (including phenoxy) is 2. The van der Waals surface area contributed by atoms with Crippen LogP contribution in [0.2, 0.25) is 0 Å². The van der Waals surface area contributed by atoms with Crippen LogP contribution in [-0.4, -0.2) is 35.1 Å². The highest BCUT2D eigenvalue weighted by Crippen LogP contribution is 2.36. The van der Waals surface area contributed by atoms with Gasteiger partial charge in [0.2, 0.25) is 5.88 Å². The fraction of sp³-hybridized carbons (Fsp3) is 0.400. The third kappa shape index (κ3) is 3.81. The van der Waals surface area contributed by atoms with E-state index in [1.165, 1.54) is 10.4 Å². The largest absolute Gasteiger partial charge is 0.497 e. The molecular formula is C20H25N3O2S. The Balaban J connectivity index is 2.02. The number of benzene rings is 1. The molecule has 0 atom stereocenters. The second kappa shape index (κ2) is 8.01. The zero-order valence-electron chi connectivity index (χ0n) is 16.0. The van der Waals surface area contributed by atoms with E-state index in [1.54, 1.807) is 18.4 Å². The van der Waals surface area contributed by atoms with Crippen LogP contribution in [0.4, 0.5) is 0 Å². The second-order valence-electron chi connectivity index (χ2n) is 6.15. The summed E-state index contributed by atoms with van der Waals surface area (Å²) in [6.45, 7) is 11.2. The summed E-state index contributed by atoms with van der Waals surface area (Å²) in [6.07, 6.45) is 0. The Morgan fingerprint density at radius 1 is 1.00 bits per heavy atom. The van der Waals surface area contributed by atoms with Gasteiger partial charge < -0.3 is 9.47 Å². The molecule has 0 aliphatic carbocycles. The quantitative estimate of drug-likeness (QED) is 0.588. The van der Waals surface area contributed by atoms with Gasteiger partial charge in [0.15, 0.2) is 0 Å². The SMILES string of the molecule is CCN(CC)Cc1nc(Oc2ccc(OC)cc2)c2c(C)c(C)sc2n1. The van der Waals surface area contributed by atoms with Crippen LogP contribution in [0.5, 0.6) is 17.4 Å². The maximum atomic E-state index is 6.16. The summed E-state index contributed by atoms with van der Waals surface area (Å²) in [4.78, 5) is 14.1. The van der Waals surface area contributed by atoms with Crippen LogP contribution in [0.1, 0.15) is 30.1 Å². The van der Waals surface area contributed by atoms with Gasteiger partial charge in [0.05, 0.1) is 19.0 Å². The molecule has 2 aromatic heterocycles. The Morgan fingerprint density at radius 3 is 2.27 bits per heavy atom. The summed E-state index contributed by atoms with van der Waals surface area (Å²) in [7, 11) is 1.65. The predicted octanol–water partition coefficient (Wildman–Crippen LogP) is 4.95. The zero-order valence-corrected chi connectivity index (χ0v) is 16.8. The number of nitrogens with zero attached hydrogens (tertiary/aromatic N) is 3. The maximum absolute atomic E-state index is 6.16. The van der Waals surface area contributed by atoms with E-state index in [0.29, 0.717) is 5.88 Å². The molecule has 0 aliphatic rings. The summed E-state index contributed by atoms with van der Waals surface area (Å²) >= 11 is 1.70. The van der Waals surface area contributed by atoms with Crippen LogP contribution in [0.3, 0.4) is 0 Å². The molecule has 3 rings (SSSR count). The lowest BCUT2D eigenvalue weighted by Gasteiger charge is -2.17. The average molecular weight is 372 g/mol. The molecule has 0 aliphatic heterocycles. The summed E-state index contributed by atoms with van der Waals surface area (Å²) in [5.74, 6) is 2.97. The van der Waals surface area contributed by atoms with E-state index in [-0.39, 0.29) is 0 Å². The molecule has 26 heavy (non-hydrogen) atoms. The van der Waals surface area contributed by atoms with E-state index in [1.807, 2.05) is 24.3 Å². The summed E-state index contributed by atoms with van der Waals surface area (Å²) in [5, 5.41) is 1.01. The first kappa shape index (κ1) is 18.6. The molecule has 0 N–H and O–H groups in total.